The zero-order valence-electron chi connectivity index (χ0n) is 14.7. The molecule has 0 aromatic heterocycles. The summed E-state index contributed by atoms with van der Waals surface area (Å²) in [5, 5.41) is 0. The summed E-state index contributed by atoms with van der Waals surface area (Å²) in [5.41, 5.74) is 0.792. The zero-order chi connectivity index (χ0) is 17.8. The first-order chi connectivity index (χ1) is 12.8. The van der Waals surface area contributed by atoms with Crippen molar-refractivity contribution in [2.45, 2.75) is 27.5 Å². The Bertz CT molecular complexity index is 816. The summed E-state index contributed by atoms with van der Waals surface area (Å²) in [6, 6.07) is 29.4. The van der Waals surface area contributed by atoms with E-state index in [-0.39, 0.29) is 16.8 Å². The van der Waals surface area contributed by atoms with Crippen molar-refractivity contribution < 1.29 is 4.79 Å². The highest BCUT2D eigenvalue weighted by Gasteiger charge is 2.28. The summed E-state index contributed by atoms with van der Waals surface area (Å²) >= 11 is 0. The van der Waals surface area contributed by atoms with E-state index in [0.717, 1.165) is 31.5 Å². The fourth-order valence-electron chi connectivity index (χ4n) is 3.36. The van der Waals surface area contributed by atoms with Gasteiger partial charge in [0.05, 0.1) is 10.9 Å². The third kappa shape index (κ3) is 3.54. The van der Waals surface area contributed by atoms with Crippen molar-refractivity contribution in [2.75, 3.05) is 13.1 Å². The molecule has 130 valence electrons. The van der Waals surface area contributed by atoms with Crippen LogP contribution in [0.4, 0.5) is 0 Å². The van der Waals surface area contributed by atoms with Crippen molar-refractivity contribution in [1.82, 2.24) is 4.90 Å². The number of hydrogen-bond donors (Lipinski definition) is 0. The molecule has 0 N–H and O–H groups in total. The molecule has 0 radical (unpaired) electrons. The molecule has 1 aliphatic rings. The Morgan fingerprint density at radius 3 is 1.62 bits per heavy atom. The molecule has 1 aliphatic heterocycles. The van der Waals surface area contributed by atoms with Crippen LogP contribution in [0.5, 0.6) is 0 Å². The van der Waals surface area contributed by atoms with Crippen LogP contribution >= 0.6 is 0 Å². The Balaban J connectivity index is 1.67. The quantitative estimate of drug-likeness (QED) is 0.598. The van der Waals surface area contributed by atoms with Gasteiger partial charge in [-0.15, -0.1) is 0 Å². The van der Waals surface area contributed by atoms with Crippen LogP contribution in [0.3, 0.4) is 0 Å². The monoisotopic (exact) mass is 360 g/mol. The number of hydrogen-bond acceptors (Lipinski definition) is 1. The number of likely N-dealkylation sites (tertiary alicyclic amines) is 1. The van der Waals surface area contributed by atoms with Gasteiger partial charge in [0.2, 0.25) is 0 Å². The first kappa shape index (κ1) is 16.9. The normalized spacial score (nSPS) is 14.0. The molecular formula is C23H22NOS+. The molecule has 26 heavy (non-hydrogen) atoms. The minimum Gasteiger partial charge on any atom is -0.339 e. The Morgan fingerprint density at radius 1 is 0.654 bits per heavy atom. The number of benzene rings is 3. The van der Waals surface area contributed by atoms with E-state index < -0.39 is 0 Å². The van der Waals surface area contributed by atoms with Gasteiger partial charge in [-0.25, -0.2) is 0 Å². The number of amides is 1. The van der Waals surface area contributed by atoms with Gasteiger partial charge in [-0.2, -0.15) is 0 Å². The lowest BCUT2D eigenvalue weighted by molar-refractivity contribution is 0.0793. The number of carbonyl (C=O) groups excluding carboxylic acids is 1. The fraction of sp³-hybridized carbons (Fsp3) is 0.174. The summed E-state index contributed by atoms with van der Waals surface area (Å²) in [7, 11) is -0.163. The summed E-state index contributed by atoms with van der Waals surface area (Å²) in [6.07, 6.45) is 2.24. The van der Waals surface area contributed by atoms with Crippen molar-refractivity contribution in [3.05, 3.63) is 90.5 Å². The summed E-state index contributed by atoms with van der Waals surface area (Å²) in [6.45, 7) is 1.78. The molecule has 0 unspecified atom stereocenters. The highest BCUT2D eigenvalue weighted by Crippen LogP contribution is 2.31. The van der Waals surface area contributed by atoms with Crippen LogP contribution in [-0.4, -0.2) is 23.9 Å². The largest absolute Gasteiger partial charge is 0.339 e. The highest BCUT2D eigenvalue weighted by molar-refractivity contribution is 7.97. The molecule has 0 spiro atoms. The number of carbonyl (C=O) groups is 1. The Morgan fingerprint density at radius 2 is 1.12 bits per heavy atom. The smallest absolute Gasteiger partial charge is 0.253 e. The maximum atomic E-state index is 12.6. The van der Waals surface area contributed by atoms with Crippen LogP contribution in [0, 0.1) is 0 Å². The highest BCUT2D eigenvalue weighted by atomic mass is 32.2. The van der Waals surface area contributed by atoms with Gasteiger partial charge in [0.25, 0.3) is 5.91 Å². The lowest BCUT2D eigenvalue weighted by Gasteiger charge is -2.15. The molecule has 3 aromatic carbocycles. The Kier molecular flexibility index (Phi) is 5.07. The minimum absolute atomic E-state index is 0.161. The molecule has 4 rings (SSSR count). The van der Waals surface area contributed by atoms with Gasteiger partial charge < -0.3 is 4.90 Å². The van der Waals surface area contributed by atoms with Gasteiger partial charge in [-0.3, -0.25) is 4.79 Å². The Labute approximate surface area is 157 Å². The third-order valence-corrected chi connectivity index (χ3v) is 6.92. The van der Waals surface area contributed by atoms with Crippen LogP contribution in [-0.2, 0) is 10.9 Å². The predicted molar refractivity (Wildman–Crippen MR) is 107 cm³/mol. The first-order valence-corrected chi connectivity index (χ1v) is 10.3. The molecule has 0 bridgehead atoms. The van der Waals surface area contributed by atoms with Crippen LogP contribution in [0.1, 0.15) is 23.2 Å². The van der Waals surface area contributed by atoms with Crippen LogP contribution < -0.4 is 0 Å². The molecule has 1 saturated heterocycles. The number of rotatable bonds is 4. The SMILES string of the molecule is O=C(c1ccc([S+](c2ccccc2)c2ccccc2)cc1)N1CCCC1. The van der Waals surface area contributed by atoms with Crippen molar-refractivity contribution in [1.29, 1.82) is 0 Å². The van der Waals surface area contributed by atoms with Crippen LogP contribution in [0.25, 0.3) is 0 Å². The standard InChI is InChI=1S/C23H22NOS/c25-23(24-17-7-8-18-24)19-13-15-22(16-14-19)26(20-9-3-1-4-10-20)21-11-5-2-6-12-21/h1-6,9-16H,7-8,17-18H2/q+1. The molecule has 3 heteroatoms. The average molecular weight is 361 g/mol. The molecule has 1 heterocycles. The number of nitrogens with zero attached hydrogens (tertiary/aromatic N) is 1. The molecule has 2 nitrogen and oxygen atoms in total. The molecular weight excluding hydrogens is 338 g/mol. The lowest BCUT2D eigenvalue weighted by atomic mass is 10.2. The topological polar surface area (TPSA) is 20.3 Å². The minimum atomic E-state index is -0.163. The van der Waals surface area contributed by atoms with Gasteiger partial charge >= 0.3 is 0 Å². The molecule has 1 fully saturated rings. The van der Waals surface area contributed by atoms with E-state index in [1.165, 1.54) is 14.7 Å². The summed E-state index contributed by atoms with van der Waals surface area (Å²) in [4.78, 5) is 18.4. The Hall–Kier alpha value is -2.52. The van der Waals surface area contributed by atoms with E-state index >= 15 is 0 Å². The van der Waals surface area contributed by atoms with Gasteiger partial charge in [-0.05, 0) is 61.4 Å². The van der Waals surface area contributed by atoms with Crippen LogP contribution in [0.15, 0.2) is 99.6 Å². The predicted octanol–water partition coefficient (Wildman–Crippen LogP) is 5.02. The van der Waals surface area contributed by atoms with Crippen molar-refractivity contribution in [3.8, 4) is 0 Å². The van der Waals surface area contributed by atoms with E-state index in [2.05, 4.69) is 60.7 Å². The second kappa shape index (κ2) is 7.79. The lowest BCUT2D eigenvalue weighted by Crippen LogP contribution is -2.27. The second-order valence-corrected chi connectivity index (χ2v) is 8.48. The zero-order valence-corrected chi connectivity index (χ0v) is 15.5. The van der Waals surface area contributed by atoms with Gasteiger partial charge in [0, 0.05) is 18.7 Å². The van der Waals surface area contributed by atoms with E-state index in [0.29, 0.717) is 0 Å². The molecule has 3 aromatic rings. The van der Waals surface area contributed by atoms with Gasteiger partial charge in [0.1, 0.15) is 0 Å². The second-order valence-electron chi connectivity index (χ2n) is 6.46. The van der Waals surface area contributed by atoms with E-state index in [1.54, 1.807) is 0 Å². The van der Waals surface area contributed by atoms with Gasteiger partial charge in [0.15, 0.2) is 14.7 Å². The summed E-state index contributed by atoms with van der Waals surface area (Å²) in [5.74, 6) is 0.161. The molecule has 0 saturated carbocycles. The third-order valence-electron chi connectivity index (χ3n) is 4.69. The molecule has 0 aliphatic carbocycles. The van der Waals surface area contributed by atoms with Crippen molar-refractivity contribution in [3.63, 3.8) is 0 Å². The fourth-order valence-corrected chi connectivity index (χ4v) is 5.44. The van der Waals surface area contributed by atoms with E-state index in [4.69, 9.17) is 0 Å². The maximum Gasteiger partial charge on any atom is 0.253 e. The molecule has 1 amide bonds. The van der Waals surface area contributed by atoms with Crippen LogP contribution in [0.2, 0.25) is 0 Å². The van der Waals surface area contributed by atoms with Crippen molar-refractivity contribution in [2.24, 2.45) is 0 Å². The van der Waals surface area contributed by atoms with Gasteiger partial charge in [-0.1, -0.05) is 36.4 Å². The first-order valence-electron chi connectivity index (χ1n) is 9.07. The van der Waals surface area contributed by atoms with Crippen molar-refractivity contribution >= 4 is 16.8 Å². The van der Waals surface area contributed by atoms with E-state index in [1.807, 2.05) is 29.2 Å². The molecule has 0 atom stereocenters. The average Bonchev–Trinajstić information content (AvgIpc) is 3.25. The van der Waals surface area contributed by atoms with E-state index in [9.17, 15) is 4.79 Å². The maximum absolute atomic E-state index is 12.6. The summed E-state index contributed by atoms with van der Waals surface area (Å²) < 4.78 is 0.